The number of hydrogen-bond acceptors (Lipinski definition) is 7. The number of anilines is 3. The maximum Gasteiger partial charge on any atom is 0.236 e. The summed E-state index contributed by atoms with van der Waals surface area (Å²) in [6, 6.07) is 10.1. The number of pyridine rings is 1. The number of methoxy groups -OCH3 is 1. The Hall–Kier alpha value is -3.16. The molecule has 0 radical (unpaired) electrons. The van der Waals surface area contributed by atoms with Gasteiger partial charge in [-0.2, -0.15) is 5.26 Å². The number of nitriles is 1. The number of aromatic nitrogens is 1. The van der Waals surface area contributed by atoms with E-state index < -0.39 is 5.82 Å². The zero-order valence-electron chi connectivity index (χ0n) is 21.0. The molecule has 3 aromatic rings. The Morgan fingerprint density at radius 2 is 2.08 bits per heavy atom. The van der Waals surface area contributed by atoms with E-state index in [-0.39, 0.29) is 16.8 Å². The molecule has 1 amide bonds. The van der Waals surface area contributed by atoms with Gasteiger partial charge in [-0.25, -0.2) is 4.39 Å². The topological polar surface area (TPSA) is 102 Å². The number of carbonyl (C=O) groups excluding carboxylic acids is 1. The van der Waals surface area contributed by atoms with E-state index in [1.807, 2.05) is 11.0 Å². The fourth-order valence-electron chi connectivity index (χ4n) is 4.50. The number of fused-ring (bicyclic) bond motifs is 1. The van der Waals surface area contributed by atoms with Gasteiger partial charge in [-0.15, -0.1) is 0 Å². The van der Waals surface area contributed by atoms with Gasteiger partial charge < -0.3 is 25.6 Å². The molecular formula is C27H29Cl2FN6O2. The lowest BCUT2D eigenvalue weighted by molar-refractivity contribution is -0.131. The minimum atomic E-state index is -0.530. The molecule has 38 heavy (non-hydrogen) atoms. The number of likely N-dealkylation sites (tertiary alicyclic amines) is 1. The van der Waals surface area contributed by atoms with E-state index in [0.717, 1.165) is 25.1 Å². The van der Waals surface area contributed by atoms with Crippen LogP contribution in [0.5, 0.6) is 0 Å². The van der Waals surface area contributed by atoms with Gasteiger partial charge in [0.25, 0.3) is 0 Å². The van der Waals surface area contributed by atoms with E-state index in [0.29, 0.717) is 65.6 Å². The molecule has 11 heteroatoms. The van der Waals surface area contributed by atoms with Crippen molar-refractivity contribution < 1.29 is 13.9 Å². The normalized spacial score (nSPS) is 15.3. The number of benzene rings is 2. The van der Waals surface area contributed by atoms with Gasteiger partial charge in [-0.3, -0.25) is 9.78 Å². The van der Waals surface area contributed by atoms with Crippen molar-refractivity contribution in [3.63, 3.8) is 0 Å². The molecule has 1 atom stereocenters. The van der Waals surface area contributed by atoms with Crippen molar-refractivity contribution in [3.05, 3.63) is 58.0 Å². The summed E-state index contributed by atoms with van der Waals surface area (Å²) >= 11 is 12.5. The first-order chi connectivity index (χ1) is 18.4. The minimum absolute atomic E-state index is 0.0296. The summed E-state index contributed by atoms with van der Waals surface area (Å²) in [6.07, 6.45) is 3.40. The van der Waals surface area contributed by atoms with Crippen molar-refractivity contribution in [2.75, 3.05) is 57.1 Å². The summed E-state index contributed by atoms with van der Waals surface area (Å²) in [6.45, 7) is 3.59. The number of halogens is 3. The average molecular weight is 559 g/mol. The van der Waals surface area contributed by atoms with Crippen LogP contribution in [-0.4, -0.2) is 62.2 Å². The van der Waals surface area contributed by atoms with Crippen LogP contribution in [0.4, 0.5) is 21.5 Å². The lowest BCUT2D eigenvalue weighted by Crippen LogP contribution is -2.45. The highest BCUT2D eigenvalue weighted by atomic mass is 35.5. The molecule has 0 bridgehead atoms. The second-order valence-electron chi connectivity index (χ2n) is 9.17. The van der Waals surface area contributed by atoms with E-state index >= 15 is 0 Å². The Morgan fingerprint density at radius 3 is 2.84 bits per heavy atom. The van der Waals surface area contributed by atoms with Crippen LogP contribution < -0.4 is 16.0 Å². The molecule has 0 spiro atoms. The molecule has 0 aliphatic carbocycles. The molecule has 1 saturated heterocycles. The molecule has 4 rings (SSSR count). The minimum Gasteiger partial charge on any atom is -0.385 e. The second-order valence-corrected chi connectivity index (χ2v) is 9.98. The van der Waals surface area contributed by atoms with Crippen molar-refractivity contribution in [2.45, 2.75) is 12.8 Å². The summed E-state index contributed by atoms with van der Waals surface area (Å²) < 4.78 is 18.7. The lowest BCUT2D eigenvalue weighted by atomic mass is 9.97. The first kappa shape index (κ1) is 27.9. The predicted octanol–water partition coefficient (Wildman–Crippen LogP) is 5.18. The lowest BCUT2D eigenvalue weighted by Gasteiger charge is -2.33. The van der Waals surface area contributed by atoms with Crippen LogP contribution in [0, 0.1) is 23.1 Å². The van der Waals surface area contributed by atoms with Crippen LogP contribution in [-0.2, 0) is 9.53 Å². The summed E-state index contributed by atoms with van der Waals surface area (Å²) in [4.78, 5) is 18.9. The zero-order valence-corrected chi connectivity index (χ0v) is 22.5. The van der Waals surface area contributed by atoms with Crippen LogP contribution in [0.25, 0.3) is 10.9 Å². The van der Waals surface area contributed by atoms with Gasteiger partial charge >= 0.3 is 0 Å². The van der Waals surface area contributed by atoms with Crippen LogP contribution in [0.1, 0.15) is 18.4 Å². The van der Waals surface area contributed by atoms with Crippen molar-refractivity contribution in [1.82, 2.24) is 15.2 Å². The van der Waals surface area contributed by atoms with Crippen molar-refractivity contribution in [2.24, 2.45) is 5.92 Å². The fourth-order valence-corrected chi connectivity index (χ4v) is 4.95. The van der Waals surface area contributed by atoms with Gasteiger partial charge in [0, 0.05) is 56.2 Å². The SMILES string of the molecule is COCCNCC(=O)N1CCCC(CNc2cc(Cl)c3ncc(C#N)c(Nc4ccc(F)c(Cl)c4)c3c2)C1. The molecule has 8 nitrogen and oxygen atoms in total. The Kier molecular flexibility index (Phi) is 9.58. The van der Waals surface area contributed by atoms with Gasteiger partial charge in [0.05, 0.1) is 40.0 Å². The van der Waals surface area contributed by atoms with Gasteiger partial charge in [0.15, 0.2) is 0 Å². The third-order valence-corrected chi connectivity index (χ3v) is 7.04. The summed E-state index contributed by atoms with van der Waals surface area (Å²) in [5.41, 5.74) is 2.64. The molecule has 1 aromatic heterocycles. The Bertz CT molecular complexity index is 1350. The van der Waals surface area contributed by atoms with E-state index in [1.54, 1.807) is 19.2 Å². The van der Waals surface area contributed by atoms with Crippen LogP contribution in [0.2, 0.25) is 10.0 Å². The number of carbonyl (C=O) groups is 1. The van der Waals surface area contributed by atoms with E-state index in [1.165, 1.54) is 18.3 Å². The number of hydrogen-bond donors (Lipinski definition) is 3. The Morgan fingerprint density at radius 1 is 1.26 bits per heavy atom. The third kappa shape index (κ3) is 6.83. The quantitative estimate of drug-likeness (QED) is 0.294. The van der Waals surface area contributed by atoms with Crippen LogP contribution in [0.3, 0.4) is 0 Å². The second kappa shape index (κ2) is 13.1. The van der Waals surface area contributed by atoms with Crippen molar-refractivity contribution in [1.29, 1.82) is 5.26 Å². The molecular weight excluding hydrogens is 530 g/mol. The maximum absolute atomic E-state index is 13.7. The first-order valence-corrected chi connectivity index (χ1v) is 13.1. The van der Waals surface area contributed by atoms with Crippen LogP contribution in [0.15, 0.2) is 36.5 Å². The molecule has 0 saturated carbocycles. The number of piperidine rings is 1. The largest absolute Gasteiger partial charge is 0.385 e. The Labute approximate surface area is 231 Å². The predicted molar refractivity (Wildman–Crippen MR) is 149 cm³/mol. The molecule has 3 N–H and O–H groups in total. The average Bonchev–Trinajstić information content (AvgIpc) is 2.92. The highest BCUT2D eigenvalue weighted by molar-refractivity contribution is 6.36. The van der Waals surface area contributed by atoms with Crippen molar-refractivity contribution in [3.8, 4) is 6.07 Å². The monoisotopic (exact) mass is 558 g/mol. The number of rotatable bonds is 10. The van der Waals surface area contributed by atoms with E-state index in [4.69, 9.17) is 27.9 Å². The highest BCUT2D eigenvalue weighted by Crippen LogP contribution is 2.35. The smallest absolute Gasteiger partial charge is 0.236 e. The number of nitrogens with one attached hydrogen (secondary N) is 3. The number of nitrogens with zero attached hydrogens (tertiary/aromatic N) is 3. The van der Waals surface area contributed by atoms with Crippen LogP contribution >= 0.6 is 23.2 Å². The first-order valence-electron chi connectivity index (χ1n) is 12.3. The van der Waals surface area contributed by atoms with E-state index in [9.17, 15) is 14.4 Å². The van der Waals surface area contributed by atoms with Gasteiger partial charge in [-0.05, 0) is 49.1 Å². The molecule has 1 aliphatic heterocycles. The molecule has 1 aliphatic rings. The molecule has 2 heterocycles. The fraction of sp³-hybridized carbons (Fsp3) is 0.370. The molecule has 2 aromatic carbocycles. The van der Waals surface area contributed by atoms with Gasteiger partial charge in [-0.1, -0.05) is 23.2 Å². The number of ether oxygens (including phenoxy) is 1. The summed E-state index contributed by atoms with van der Waals surface area (Å²) in [5, 5.41) is 20.5. The summed E-state index contributed by atoms with van der Waals surface area (Å²) in [5.74, 6) is -0.160. The standard InChI is InChI=1S/C27H29Cl2FN6O2/c1-38-8-6-32-15-25(37)36-7-2-3-17(16-36)13-33-20-9-21-26(35-19-4-5-24(30)22(28)10-19)18(12-31)14-34-27(21)23(29)11-20/h4-5,9-11,14,17,32-33H,2-3,6-8,13,15-16H2,1H3,(H,34,35). The van der Waals surface area contributed by atoms with Crippen molar-refractivity contribution >= 4 is 57.1 Å². The maximum atomic E-state index is 13.7. The molecule has 1 unspecified atom stereocenters. The highest BCUT2D eigenvalue weighted by Gasteiger charge is 2.23. The van der Waals surface area contributed by atoms with E-state index in [2.05, 4.69) is 27.0 Å². The third-order valence-electron chi connectivity index (χ3n) is 6.46. The van der Waals surface area contributed by atoms with Gasteiger partial charge in [0.1, 0.15) is 11.9 Å². The Balaban J connectivity index is 1.49. The molecule has 1 fully saturated rings. The summed E-state index contributed by atoms with van der Waals surface area (Å²) in [7, 11) is 1.63. The molecule has 200 valence electrons. The zero-order chi connectivity index (χ0) is 27.1. The number of amides is 1. The van der Waals surface area contributed by atoms with Gasteiger partial charge in [0.2, 0.25) is 5.91 Å².